The Morgan fingerprint density at radius 3 is 2.87 bits per heavy atom. The number of nitrogens with zero attached hydrogens (tertiary/aromatic N) is 4. The van der Waals surface area contributed by atoms with Crippen molar-refractivity contribution in [2.24, 2.45) is 0 Å². The molecule has 0 spiro atoms. The number of anilines is 1. The van der Waals surface area contributed by atoms with Crippen LogP contribution in [0.4, 0.5) is 5.82 Å². The first kappa shape index (κ1) is 17.4. The van der Waals surface area contributed by atoms with Gasteiger partial charge in [0.1, 0.15) is 5.82 Å². The maximum Gasteiger partial charge on any atom is 0.152 e. The molecule has 0 unspecified atom stereocenters. The van der Waals surface area contributed by atoms with Crippen molar-refractivity contribution in [1.82, 2.24) is 9.97 Å². The van der Waals surface area contributed by atoms with E-state index >= 15 is 0 Å². The van der Waals surface area contributed by atoms with Crippen molar-refractivity contribution < 1.29 is 0 Å². The molecule has 0 bridgehead atoms. The Morgan fingerprint density at radius 1 is 1.26 bits per heavy atom. The zero-order valence-electron chi connectivity index (χ0n) is 13.7. The highest BCUT2D eigenvalue weighted by Gasteiger charge is 2.09. The van der Waals surface area contributed by atoms with E-state index in [2.05, 4.69) is 33.4 Å². The van der Waals surface area contributed by atoms with E-state index < -0.39 is 0 Å². The van der Waals surface area contributed by atoms with Gasteiger partial charge in [-0.2, -0.15) is 5.26 Å². The first-order valence-corrected chi connectivity index (χ1v) is 9.13. The summed E-state index contributed by atoms with van der Waals surface area (Å²) in [7, 11) is 0. The van der Waals surface area contributed by atoms with Gasteiger partial charge >= 0.3 is 0 Å². The van der Waals surface area contributed by atoms with E-state index in [0.29, 0.717) is 5.56 Å². The fourth-order valence-corrected chi connectivity index (χ4v) is 3.01. The van der Waals surface area contributed by atoms with Crippen LogP contribution < -0.4 is 4.90 Å². The SMILES string of the molecule is CCCCCCCN(CCc1cs[c]n1)c1cc(C#N)ccn1. The molecule has 0 amide bonds. The van der Waals surface area contributed by atoms with Gasteiger partial charge < -0.3 is 4.90 Å². The number of aromatic nitrogens is 2. The summed E-state index contributed by atoms with van der Waals surface area (Å²) in [5.74, 6) is 0.888. The monoisotopic (exact) mass is 327 g/mol. The summed E-state index contributed by atoms with van der Waals surface area (Å²) >= 11 is 1.51. The van der Waals surface area contributed by atoms with Crippen LogP contribution in [0.1, 0.15) is 50.3 Å². The summed E-state index contributed by atoms with van der Waals surface area (Å²) in [4.78, 5) is 11.0. The Hall–Kier alpha value is -1.93. The number of hydrogen-bond acceptors (Lipinski definition) is 5. The lowest BCUT2D eigenvalue weighted by Gasteiger charge is -2.23. The number of pyridine rings is 1. The molecule has 0 aliphatic rings. The van der Waals surface area contributed by atoms with E-state index in [1.54, 1.807) is 12.3 Å². The van der Waals surface area contributed by atoms with Crippen molar-refractivity contribution in [1.29, 1.82) is 5.26 Å². The maximum absolute atomic E-state index is 9.09. The van der Waals surface area contributed by atoms with Crippen LogP contribution >= 0.6 is 11.3 Å². The van der Waals surface area contributed by atoms with Crippen LogP contribution in [-0.2, 0) is 6.42 Å². The van der Waals surface area contributed by atoms with Crippen LogP contribution in [0.25, 0.3) is 0 Å². The fourth-order valence-electron chi connectivity index (χ4n) is 2.48. The van der Waals surface area contributed by atoms with Crippen molar-refractivity contribution in [3.63, 3.8) is 0 Å². The van der Waals surface area contributed by atoms with Crippen LogP contribution in [0.15, 0.2) is 23.7 Å². The molecule has 0 fully saturated rings. The van der Waals surface area contributed by atoms with Gasteiger partial charge in [-0.3, -0.25) is 0 Å². The molecule has 2 heterocycles. The molecule has 0 saturated carbocycles. The Morgan fingerprint density at radius 2 is 2.13 bits per heavy atom. The largest absolute Gasteiger partial charge is 0.356 e. The van der Waals surface area contributed by atoms with Crippen molar-refractivity contribution in [3.8, 4) is 6.07 Å². The van der Waals surface area contributed by atoms with E-state index in [1.165, 1.54) is 37.0 Å². The summed E-state index contributed by atoms with van der Waals surface area (Å²) in [6, 6.07) is 5.82. The molecular weight excluding hydrogens is 304 g/mol. The Kier molecular flexibility index (Phi) is 7.55. The Bertz CT molecular complexity index is 604. The first-order valence-electron chi connectivity index (χ1n) is 8.25. The van der Waals surface area contributed by atoms with Gasteiger partial charge in [0.05, 0.1) is 17.3 Å². The molecule has 0 saturated heterocycles. The van der Waals surface area contributed by atoms with E-state index in [-0.39, 0.29) is 0 Å². The zero-order chi connectivity index (χ0) is 16.3. The summed E-state index contributed by atoms with van der Waals surface area (Å²) in [5.41, 5.74) is 4.62. The zero-order valence-corrected chi connectivity index (χ0v) is 14.5. The summed E-state index contributed by atoms with van der Waals surface area (Å²) in [6.45, 7) is 4.07. The fraction of sp³-hybridized carbons (Fsp3) is 0.500. The number of thiazole rings is 1. The number of hydrogen-bond donors (Lipinski definition) is 0. The van der Waals surface area contributed by atoms with Crippen LogP contribution in [0.3, 0.4) is 0 Å². The topological polar surface area (TPSA) is 52.8 Å². The molecule has 121 valence electrons. The molecule has 1 radical (unpaired) electrons. The molecule has 2 rings (SSSR count). The second kappa shape index (κ2) is 9.96. The Balaban J connectivity index is 1.96. The second-order valence-corrected chi connectivity index (χ2v) is 6.25. The molecule has 0 N–H and O–H groups in total. The van der Waals surface area contributed by atoms with E-state index in [4.69, 9.17) is 5.26 Å². The third kappa shape index (κ3) is 5.99. The molecule has 2 aromatic rings. The number of nitriles is 1. The normalized spacial score (nSPS) is 10.4. The molecular formula is C18H23N4S. The van der Waals surface area contributed by atoms with Crippen molar-refractivity contribution in [2.75, 3.05) is 18.0 Å². The highest BCUT2D eigenvalue weighted by atomic mass is 32.1. The second-order valence-electron chi connectivity index (χ2n) is 5.60. The summed E-state index contributed by atoms with van der Waals surface area (Å²) < 4.78 is 0. The van der Waals surface area contributed by atoms with Crippen molar-refractivity contribution >= 4 is 17.2 Å². The van der Waals surface area contributed by atoms with Gasteiger partial charge in [-0.05, 0) is 18.6 Å². The number of unbranched alkanes of at least 4 members (excludes halogenated alkanes) is 4. The lowest BCUT2D eigenvalue weighted by Crippen LogP contribution is -2.28. The molecule has 5 heteroatoms. The van der Waals surface area contributed by atoms with Crippen molar-refractivity contribution in [3.05, 3.63) is 40.5 Å². The molecule has 0 aromatic carbocycles. The summed E-state index contributed by atoms with van der Waals surface area (Å²) in [6.07, 6.45) is 8.85. The van der Waals surface area contributed by atoms with E-state index in [1.807, 2.05) is 11.4 Å². The van der Waals surface area contributed by atoms with Gasteiger partial charge in [0, 0.05) is 31.1 Å². The molecule has 0 aliphatic carbocycles. The third-order valence-corrected chi connectivity index (χ3v) is 4.39. The average Bonchev–Trinajstić information content (AvgIpc) is 3.11. The van der Waals surface area contributed by atoms with Crippen molar-refractivity contribution in [2.45, 2.75) is 45.4 Å². The highest BCUT2D eigenvalue weighted by molar-refractivity contribution is 7.07. The third-order valence-electron chi connectivity index (χ3n) is 3.80. The predicted octanol–water partition coefficient (Wildman–Crippen LogP) is 4.23. The van der Waals surface area contributed by atoms with Gasteiger partial charge in [0.25, 0.3) is 0 Å². The quantitative estimate of drug-likeness (QED) is 0.613. The molecule has 0 aliphatic heterocycles. The standard InChI is InChI=1S/C18H23N4S/c1-2-3-4-5-6-10-22(11-8-17-14-23-15-21-17)18-12-16(13-19)7-9-20-18/h7,9,12,14H,2-6,8,10-11H2,1H3. The van der Waals surface area contributed by atoms with E-state index in [0.717, 1.165) is 37.4 Å². The average molecular weight is 327 g/mol. The first-order chi connectivity index (χ1) is 11.3. The molecule has 4 nitrogen and oxygen atoms in total. The Labute approximate surface area is 142 Å². The van der Waals surface area contributed by atoms with Gasteiger partial charge in [0.15, 0.2) is 5.51 Å². The number of rotatable bonds is 10. The van der Waals surface area contributed by atoms with E-state index in [9.17, 15) is 0 Å². The van der Waals surface area contributed by atoms with Crippen LogP contribution in [-0.4, -0.2) is 23.1 Å². The van der Waals surface area contributed by atoms with Gasteiger partial charge in [0.2, 0.25) is 0 Å². The lowest BCUT2D eigenvalue weighted by molar-refractivity contribution is 0.614. The summed E-state index contributed by atoms with van der Waals surface area (Å²) in [5, 5.41) is 11.1. The highest BCUT2D eigenvalue weighted by Crippen LogP contribution is 2.15. The minimum atomic E-state index is 0.660. The van der Waals surface area contributed by atoms with Gasteiger partial charge in [-0.1, -0.05) is 32.6 Å². The predicted molar refractivity (Wildman–Crippen MR) is 94.6 cm³/mol. The van der Waals surface area contributed by atoms with Crippen LogP contribution in [0.2, 0.25) is 0 Å². The molecule has 23 heavy (non-hydrogen) atoms. The van der Waals surface area contributed by atoms with Crippen LogP contribution in [0, 0.1) is 16.8 Å². The minimum absolute atomic E-state index is 0.660. The minimum Gasteiger partial charge on any atom is -0.356 e. The van der Waals surface area contributed by atoms with Crippen LogP contribution in [0.5, 0.6) is 0 Å². The molecule has 2 aromatic heterocycles. The lowest BCUT2D eigenvalue weighted by atomic mass is 10.1. The maximum atomic E-state index is 9.09. The molecule has 0 atom stereocenters. The van der Waals surface area contributed by atoms with Gasteiger partial charge in [-0.25, -0.2) is 9.97 Å². The smallest absolute Gasteiger partial charge is 0.152 e. The van der Waals surface area contributed by atoms with Gasteiger partial charge in [-0.15, -0.1) is 11.3 Å².